The van der Waals surface area contributed by atoms with Crippen LogP contribution in [0.1, 0.15) is 41.5 Å². The lowest BCUT2D eigenvalue weighted by atomic mass is 10.2. The summed E-state index contributed by atoms with van der Waals surface area (Å²) in [6.45, 7) is 13.3. The normalized spacial score (nSPS) is 14.8. The Balaban J connectivity index is 5.66. The van der Waals surface area contributed by atoms with Crippen LogP contribution < -0.4 is 0 Å². The van der Waals surface area contributed by atoms with Crippen molar-refractivity contribution in [2.24, 2.45) is 0 Å². The fourth-order valence-electron chi connectivity index (χ4n) is 2.40. The topological polar surface area (TPSA) is 57.2 Å². The molecule has 0 aromatic carbocycles. The number of hydrogen-bond donors (Lipinski definition) is 0. The van der Waals surface area contributed by atoms with Crippen molar-refractivity contribution >= 4 is 16.3 Å². The van der Waals surface area contributed by atoms with Crippen LogP contribution in [0.4, 0.5) is 4.79 Å². The average molecular weight is 321 g/mol. The van der Waals surface area contributed by atoms with E-state index >= 15 is 0 Å². The molecule has 6 nitrogen and oxygen atoms in total. The van der Waals surface area contributed by atoms with Gasteiger partial charge in [0.15, 0.2) is 5.35 Å². The molecule has 7 heteroatoms. The van der Waals surface area contributed by atoms with Gasteiger partial charge in [-0.2, -0.15) is 0 Å². The second kappa shape index (κ2) is 9.40. The molecule has 0 bridgehead atoms. The molecule has 0 heterocycles. The Morgan fingerprint density at radius 2 is 1.43 bits per heavy atom. The number of rotatable bonds is 10. The Kier molecular flexibility index (Phi) is 9.11. The first-order valence-corrected chi connectivity index (χ1v) is 8.72. The van der Waals surface area contributed by atoms with Gasteiger partial charge in [0.05, 0.1) is 16.8 Å². The van der Waals surface area contributed by atoms with E-state index in [9.17, 15) is 4.79 Å². The Morgan fingerprint density at radius 3 is 1.76 bits per heavy atom. The first kappa shape index (κ1) is 20.4. The molecule has 0 saturated heterocycles. The van der Waals surface area contributed by atoms with E-state index in [1.165, 1.54) is 0 Å². The van der Waals surface area contributed by atoms with Crippen LogP contribution in [-0.2, 0) is 18.9 Å². The summed E-state index contributed by atoms with van der Waals surface area (Å²) >= 11 is 0. The van der Waals surface area contributed by atoms with Crippen molar-refractivity contribution in [3.63, 3.8) is 0 Å². The minimum absolute atomic E-state index is 0.319. The van der Waals surface area contributed by atoms with Crippen molar-refractivity contribution in [1.82, 2.24) is 4.90 Å². The maximum atomic E-state index is 12.3. The van der Waals surface area contributed by atoms with E-state index in [2.05, 4.69) is 0 Å². The molecule has 0 aromatic rings. The predicted octanol–water partition coefficient (Wildman–Crippen LogP) is 1.31. The summed E-state index contributed by atoms with van der Waals surface area (Å²) in [4.78, 5) is 13.9. The first-order chi connectivity index (χ1) is 9.86. The molecule has 0 radical (unpaired) electrons. The lowest BCUT2D eigenvalue weighted by molar-refractivity contribution is -0.323. The second-order valence-corrected chi connectivity index (χ2v) is 6.03. The summed E-state index contributed by atoms with van der Waals surface area (Å²) in [6.07, 6.45) is -0.408. The molecule has 0 aromatic heterocycles. The molecule has 0 aliphatic rings. The van der Waals surface area contributed by atoms with E-state index in [-0.39, 0.29) is 0 Å². The zero-order chi connectivity index (χ0) is 16.5. The summed E-state index contributed by atoms with van der Waals surface area (Å²) in [5.41, 5.74) is 0. The van der Waals surface area contributed by atoms with Crippen LogP contribution in [0, 0.1) is 0 Å². The van der Waals surface area contributed by atoms with Gasteiger partial charge in [-0.25, -0.2) is 4.79 Å². The number of likely N-dealkylation sites (N-methyl/N-ethyl adjacent to an activating group) is 1. The van der Waals surface area contributed by atoms with Crippen molar-refractivity contribution < 1.29 is 23.7 Å². The second-order valence-electron chi connectivity index (χ2n) is 4.67. The Hall–Kier alpha value is -0.633. The number of hydrogen-bond acceptors (Lipinski definition) is 5. The van der Waals surface area contributed by atoms with Crippen molar-refractivity contribution in [3.05, 3.63) is 0 Å². The smallest absolute Gasteiger partial charge is 0.411 e. The number of carbonyl (C=O) groups excluding carboxylic acids is 1. The fraction of sp³-hybridized carbons (Fsp3) is 0.929. The van der Waals surface area contributed by atoms with E-state index in [1.54, 1.807) is 11.8 Å². The summed E-state index contributed by atoms with van der Waals surface area (Å²) in [7, 11) is 0.515. The van der Waals surface area contributed by atoms with Crippen LogP contribution in [0.3, 0.4) is 0 Å². The van der Waals surface area contributed by atoms with E-state index in [0.29, 0.717) is 43.2 Å². The number of ether oxygens (including phenoxy) is 4. The molecular weight excluding hydrogens is 290 g/mol. The molecule has 1 atom stereocenters. The van der Waals surface area contributed by atoms with Gasteiger partial charge in [-0.3, -0.25) is 4.90 Å². The van der Waals surface area contributed by atoms with Crippen molar-refractivity contribution in [2.75, 3.05) is 33.0 Å². The lowest BCUT2D eigenvalue weighted by Crippen LogP contribution is -2.69. The minimum Gasteiger partial charge on any atom is -0.450 e. The highest BCUT2D eigenvalue weighted by Gasteiger charge is 2.53. The molecule has 21 heavy (non-hydrogen) atoms. The molecule has 0 N–H and O–H groups in total. The van der Waals surface area contributed by atoms with Crippen molar-refractivity contribution in [1.29, 1.82) is 0 Å². The lowest BCUT2D eigenvalue weighted by Gasteiger charge is -2.50. The molecular formula is C14H31NO5Si. The van der Waals surface area contributed by atoms with Crippen LogP contribution in [-0.4, -0.2) is 65.3 Å². The highest BCUT2D eigenvalue weighted by atomic mass is 28.1. The van der Waals surface area contributed by atoms with Gasteiger partial charge in [0.2, 0.25) is 5.79 Å². The largest absolute Gasteiger partial charge is 0.450 e. The van der Waals surface area contributed by atoms with E-state index < -0.39 is 17.2 Å². The standard InChI is InChI=1S/C14H31NO5Si/c1-7-15(12(16)17-8-2)14(21,20-11-5)13(6,18-9-3)19-10-4/h7-11H2,1-6,21H3. The van der Waals surface area contributed by atoms with E-state index in [4.69, 9.17) is 18.9 Å². The maximum Gasteiger partial charge on any atom is 0.411 e. The predicted molar refractivity (Wildman–Crippen MR) is 85.4 cm³/mol. The van der Waals surface area contributed by atoms with Crippen LogP contribution in [0.5, 0.6) is 0 Å². The number of amides is 1. The quantitative estimate of drug-likeness (QED) is 0.448. The minimum atomic E-state index is -1.03. The molecule has 0 fully saturated rings. The summed E-state index contributed by atoms with van der Waals surface area (Å²) in [5.74, 6) is -1.03. The molecule has 0 aliphatic heterocycles. The SMILES string of the molecule is CCOC(=O)N(CC)C([SiH3])(OCC)C(C)(OCC)OCC. The highest BCUT2D eigenvalue weighted by molar-refractivity contribution is 6.16. The molecule has 0 spiro atoms. The van der Waals surface area contributed by atoms with Gasteiger partial charge in [-0.05, 0) is 41.5 Å². The van der Waals surface area contributed by atoms with Crippen LogP contribution in [0.25, 0.3) is 0 Å². The molecule has 1 amide bonds. The summed E-state index contributed by atoms with van der Waals surface area (Å²) in [6, 6.07) is 0. The van der Waals surface area contributed by atoms with Crippen LogP contribution in [0.15, 0.2) is 0 Å². The van der Waals surface area contributed by atoms with Crippen molar-refractivity contribution in [2.45, 2.75) is 52.7 Å². The molecule has 0 aliphatic carbocycles. The summed E-state index contributed by atoms with van der Waals surface area (Å²) < 4.78 is 22.8. The van der Waals surface area contributed by atoms with Gasteiger partial charge in [0.1, 0.15) is 0 Å². The van der Waals surface area contributed by atoms with Crippen LogP contribution in [0.2, 0.25) is 0 Å². The summed E-state index contributed by atoms with van der Waals surface area (Å²) in [5, 5.41) is -0.950. The highest BCUT2D eigenvalue weighted by Crippen LogP contribution is 2.33. The Labute approximate surface area is 131 Å². The van der Waals surface area contributed by atoms with E-state index in [0.717, 1.165) is 0 Å². The molecule has 1 unspecified atom stereocenters. The number of carbonyl (C=O) groups is 1. The third kappa shape index (κ3) is 4.67. The molecule has 0 saturated carbocycles. The van der Waals surface area contributed by atoms with E-state index in [1.807, 2.05) is 34.6 Å². The van der Waals surface area contributed by atoms with Gasteiger partial charge in [-0.15, -0.1) is 0 Å². The first-order valence-electron chi connectivity index (χ1n) is 7.72. The van der Waals surface area contributed by atoms with Gasteiger partial charge in [0.25, 0.3) is 0 Å². The third-order valence-corrected chi connectivity index (χ3v) is 5.16. The van der Waals surface area contributed by atoms with Gasteiger partial charge < -0.3 is 18.9 Å². The number of nitrogens with zero attached hydrogens (tertiary/aromatic N) is 1. The van der Waals surface area contributed by atoms with Gasteiger partial charge in [0, 0.05) is 26.4 Å². The van der Waals surface area contributed by atoms with Crippen molar-refractivity contribution in [3.8, 4) is 0 Å². The van der Waals surface area contributed by atoms with Crippen LogP contribution >= 0.6 is 0 Å². The average Bonchev–Trinajstić information content (AvgIpc) is 2.40. The molecule has 0 rings (SSSR count). The maximum absolute atomic E-state index is 12.3. The zero-order valence-corrected chi connectivity index (χ0v) is 16.5. The third-order valence-electron chi connectivity index (χ3n) is 3.43. The Morgan fingerprint density at radius 1 is 0.952 bits per heavy atom. The van der Waals surface area contributed by atoms with Gasteiger partial charge in [-0.1, -0.05) is 0 Å². The monoisotopic (exact) mass is 321 g/mol. The zero-order valence-electron chi connectivity index (χ0n) is 14.5. The molecule has 126 valence electrons. The van der Waals surface area contributed by atoms with Gasteiger partial charge >= 0.3 is 6.09 Å². The fourth-order valence-corrected chi connectivity index (χ4v) is 3.48. The Bertz CT molecular complexity index is 310.